The SMILES string of the molecule is O=[N+]([O-])c1c(Cl)ncnc1Oc1cccc2ncccc12. The van der Waals surface area contributed by atoms with Crippen LogP contribution >= 0.6 is 11.6 Å². The molecule has 1 aromatic carbocycles. The fraction of sp³-hybridized carbons (Fsp3) is 0. The van der Waals surface area contributed by atoms with E-state index in [0.29, 0.717) is 16.7 Å². The minimum absolute atomic E-state index is 0.212. The van der Waals surface area contributed by atoms with Crippen LogP contribution in [0.3, 0.4) is 0 Å². The Morgan fingerprint density at radius 3 is 2.81 bits per heavy atom. The van der Waals surface area contributed by atoms with Gasteiger partial charge >= 0.3 is 11.6 Å². The molecule has 0 amide bonds. The van der Waals surface area contributed by atoms with Gasteiger partial charge in [0.15, 0.2) is 0 Å². The molecule has 0 unspecified atom stereocenters. The summed E-state index contributed by atoms with van der Waals surface area (Å²) in [6, 6.07) is 8.76. The van der Waals surface area contributed by atoms with Crippen LogP contribution in [0.4, 0.5) is 5.69 Å². The van der Waals surface area contributed by atoms with Gasteiger partial charge in [-0.1, -0.05) is 17.7 Å². The summed E-state index contributed by atoms with van der Waals surface area (Å²) in [6.07, 6.45) is 2.75. The van der Waals surface area contributed by atoms with Crippen LogP contribution in [-0.4, -0.2) is 19.9 Å². The van der Waals surface area contributed by atoms with Gasteiger partial charge in [0.2, 0.25) is 5.15 Å². The molecule has 0 aliphatic heterocycles. The standard InChI is InChI=1S/C13H7ClN4O3/c14-12-11(18(19)20)13(17-7-16-12)21-10-5-1-4-9-8(10)3-2-6-15-9/h1-7H. The molecule has 0 spiro atoms. The summed E-state index contributed by atoms with van der Waals surface area (Å²) in [5.74, 6) is 0.190. The van der Waals surface area contributed by atoms with Gasteiger partial charge in [0.25, 0.3) is 0 Å². The molecule has 3 aromatic rings. The lowest BCUT2D eigenvalue weighted by atomic mass is 10.2. The van der Waals surface area contributed by atoms with Crippen molar-refractivity contribution < 1.29 is 9.66 Å². The van der Waals surface area contributed by atoms with Gasteiger partial charge in [0.1, 0.15) is 12.1 Å². The Morgan fingerprint density at radius 1 is 1.14 bits per heavy atom. The van der Waals surface area contributed by atoms with E-state index in [1.807, 2.05) is 6.07 Å². The molecule has 8 heteroatoms. The van der Waals surface area contributed by atoms with Crippen LogP contribution < -0.4 is 4.74 Å². The van der Waals surface area contributed by atoms with E-state index < -0.39 is 10.6 Å². The molecule has 3 rings (SSSR count). The second kappa shape index (κ2) is 5.29. The molecule has 21 heavy (non-hydrogen) atoms. The zero-order valence-electron chi connectivity index (χ0n) is 10.4. The number of ether oxygens (including phenoxy) is 1. The van der Waals surface area contributed by atoms with Crippen molar-refractivity contribution in [2.75, 3.05) is 0 Å². The summed E-state index contributed by atoms with van der Waals surface area (Å²) in [6.45, 7) is 0. The highest BCUT2D eigenvalue weighted by Gasteiger charge is 2.24. The Labute approximate surface area is 123 Å². The fourth-order valence-corrected chi connectivity index (χ4v) is 2.03. The van der Waals surface area contributed by atoms with Crippen molar-refractivity contribution in [1.29, 1.82) is 0 Å². The van der Waals surface area contributed by atoms with Crippen molar-refractivity contribution in [3.8, 4) is 11.6 Å². The van der Waals surface area contributed by atoms with Gasteiger partial charge in [0, 0.05) is 11.6 Å². The van der Waals surface area contributed by atoms with Crippen LogP contribution in [-0.2, 0) is 0 Å². The molecule has 104 valence electrons. The van der Waals surface area contributed by atoms with Crippen molar-refractivity contribution in [2.24, 2.45) is 0 Å². The van der Waals surface area contributed by atoms with Crippen LogP contribution in [0.25, 0.3) is 10.9 Å². The number of rotatable bonds is 3. The molecule has 0 N–H and O–H groups in total. The zero-order valence-corrected chi connectivity index (χ0v) is 11.2. The Kier molecular flexibility index (Phi) is 3.33. The van der Waals surface area contributed by atoms with Crippen molar-refractivity contribution in [3.05, 3.63) is 58.1 Å². The number of nitro groups is 1. The number of fused-ring (bicyclic) bond motifs is 1. The summed E-state index contributed by atoms with van der Waals surface area (Å²) < 4.78 is 5.55. The summed E-state index contributed by atoms with van der Waals surface area (Å²) in [7, 11) is 0. The molecule has 0 saturated heterocycles. The number of hydrogen-bond donors (Lipinski definition) is 0. The predicted octanol–water partition coefficient (Wildman–Crippen LogP) is 3.38. The summed E-state index contributed by atoms with van der Waals surface area (Å²) >= 11 is 5.72. The lowest BCUT2D eigenvalue weighted by Gasteiger charge is -2.07. The average Bonchev–Trinajstić information content (AvgIpc) is 2.47. The molecule has 0 aliphatic carbocycles. The van der Waals surface area contributed by atoms with Crippen molar-refractivity contribution in [1.82, 2.24) is 15.0 Å². The maximum Gasteiger partial charge on any atom is 0.368 e. The molecule has 0 aliphatic rings. The summed E-state index contributed by atoms with van der Waals surface area (Å²) in [4.78, 5) is 21.9. The van der Waals surface area contributed by atoms with E-state index >= 15 is 0 Å². The van der Waals surface area contributed by atoms with Crippen LogP contribution in [0, 0.1) is 10.1 Å². The molecule has 2 aromatic heterocycles. The van der Waals surface area contributed by atoms with E-state index in [2.05, 4.69) is 15.0 Å². The Balaban J connectivity index is 2.12. The van der Waals surface area contributed by atoms with Gasteiger partial charge in [-0.2, -0.15) is 4.98 Å². The maximum atomic E-state index is 11.0. The molecular formula is C13H7ClN4O3. The fourth-order valence-electron chi connectivity index (χ4n) is 1.84. The van der Waals surface area contributed by atoms with Crippen molar-refractivity contribution in [3.63, 3.8) is 0 Å². The Morgan fingerprint density at radius 2 is 2.00 bits per heavy atom. The summed E-state index contributed by atoms with van der Waals surface area (Å²) in [5.41, 5.74) is 0.234. The van der Waals surface area contributed by atoms with Gasteiger partial charge in [-0.3, -0.25) is 15.1 Å². The Bertz CT molecular complexity index is 835. The number of benzene rings is 1. The average molecular weight is 303 g/mol. The lowest BCUT2D eigenvalue weighted by Crippen LogP contribution is -1.98. The van der Waals surface area contributed by atoms with Crippen molar-refractivity contribution in [2.45, 2.75) is 0 Å². The van der Waals surface area contributed by atoms with Gasteiger partial charge < -0.3 is 4.74 Å². The van der Waals surface area contributed by atoms with Crippen LogP contribution in [0.15, 0.2) is 42.9 Å². The largest absolute Gasteiger partial charge is 0.433 e. The van der Waals surface area contributed by atoms with E-state index in [0.717, 1.165) is 6.33 Å². The second-order valence-corrected chi connectivity index (χ2v) is 4.36. The van der Waals surface area contributed by atoms with Gasteiger partial charge in [-0.15, -0.1) is 0 Å². The van der Waals surface area contributed by atoms with Gasteiger partial charge in [-0.05, 0) is 24.3 Å². The topological polar surface area (TPSA) is 91.0 Å². The third-order valence-corrected chi connectivity index (χ3v) is 3.02. The third-order valence-electron chi connectivity index (χ3n) is 2.74. The zero-order chi connectivity index (χ0) is 14.8. The quantitative estimate of drug-likeness (QED) is 0.418. The molecule has 7 nitrogen and oxygen atoms in total. The highest BCUT2D eigenvalue weighted by atomic mass is 35.5. The number of aromatic nitrogens is 3. The molecule has 0 fully saturated rings. The Hall–Kier alpha value is -2.80. The van der Waals surface area contributed by atoms with Crippen LogP contribution in [0.1, 0.15) is 0 Å². The van der Waals surface area contributed by atoms with E-state index in [1.165, 1.54) is 0 Å². The van der Waals surface area contributed by atoms with Crippen molar-refractivity contribution >= 4 is 28.2 Å². The smallest absolute Gasteiger partial charge is 0.368 e. The van der Waals surface area contributed by atoms with Gasteiger partial charge in [-0.25, -0.2) is 4.98 Å². The minimum Gasteiger partial charge on any atom is -0.433 e. The molecule has 0 radical (unpaired) electrons. The first-order chi connectivity index (χ1) is 10.2. The third kappa shape index (κ3) is 2.46. The van der Waals surface area contributed by atoms with Crippen LogP contribution in [0.5, 0.6) is 11.6 Å². The highest BCUT2D eigenvalue weighted by molar-refractivity contribution is 6.31. The molecule has 0 saturated carbocycles. The van der Waals surface area contributed by atoms with Gasteiger partial charge in [0.05, 0.1) is 10.4 Å². The first kappa shape index (κ1) is 13.2. The molecule has 0 bridgehead atoms. The number of pyridine rings is 1. The van der Waals surface area contributed by atoms with E-state index in [9.17, 15) is 10.1 Å². The maximum absolute atomic E-state index is 11.0. The molecular weight excluding hydrogens is 296 g/mol. The first-order valence-electron chi connectivity index (χ1n) is 5.83. The predicted molar refractivity (Wildman–Crippen MR) is 75.5 cm³/mol. The molecule has 2 heterocycles. The van der Waals surface area contributed by atoms with E-state index in [-0.39, 0.29) is 11.0 Å². The normalized spacial score (nSPS) is 10.5. The number of halogens is 1. The minimum atomic E-state index is -0.680. The second-order valence-electron chi connectivity index (χ2n) is 4.00. The highest BCUT2D eigenvalue weighted by Crippen LogP contribution is 2.35. The number of nitrogens with zero attached hydrogens (tertiary/aromatic N) is 4. The summed E-state index contributed by atoms with van der Waals surface area (Å²) in [5, 5.41) is 11.5. The molecule has 0 atom stereocenters. The lowest BCUT2D eigenvalue weighted by molar-refractivity contribution is -0.386. The van der Waals surface area contributed by atoms with E-state index in [1.54, 1.807) is 30.5 Å². The number of hydrogen-bond acceptors (Lipinski definition) is 6. The first-order valence-corrected chi connectivity index (χ1v) is 6.21. The monoisotopic (exact) mass is 302 g/mol. The van der Waals surface area contributed by atoms with Crippen LogP contribution in [0.2, 0.25) is 5.15 Å². The van der Waals surface area contributed by atoms with E-state index in [4.69, 9.17) is 16.3 Å².